The Balaban J connectivity index is 1.30. The third-order valence-corrected chi connectivity index (χ3v) is 9.50. The fourth-order valence-electron chi connectivity index (χ4n) is 7.46. The highest BCUT2D eigenvalue weighted by atomic mass is 16.2. The Bertz CT molecular complexity index is 1490. The standard InChI is InChI=1S/C32H33N5O5/c33-35-34-18-20-9-11-26-25(15-20)30(40)29-21(13-14-36-31(41)23-7-3-4-8-24(23)32(36)42)16-22(38)17-27(29)37(26)28(39)12-10-19-5-1-2-6-19/h3-4,7-9,11,15,19,21,27,29H,1-2,5-6,10,12-14,16-18H2. The molecule has 2 aliphatic carbocycles. The Morgan fingerprint density at radius 3 is 2.33 bits per heavy atom. The molecule has 2 heterocycles. The van der Waals surface area contributed by atoms with E-state index in [1.165, 1.54) is 17.7 Å². The zero-order valence-corrected chi connectivity index (χ0v) is 23.4. The van der Waals surface area contributed by atoms with E-state index in [9.17, 15) is 24.0 Å². The number of ketones is 2. The lowest BCUT2D eigenvalue weighted by molar-refractivity contribution is -0.124. The van der Waals surface area contributed by atoms with Crippen molar-refractivity contribution >= 4 is 35.0 Å². The number of carbonyl (C=O) groups is 5. The lowest BCUT2D eigenvalue weighted by Gasteiger charge is -2.47. The van der Waals surface area contributed by atoms with Gasteiger partial charge < -0.3 is 4.90 Å². The van der Waals surface area contributed by atoms with Crippen LogP contribution in [0.1, 0.15) is 94.4 Å². The van der Waals surface area contributed by atoms with Gasteiger partial charge in [0.05, 0.1) is 29.4 Å². The number of azide groups is 1. The molecule has 3 amide bonds. The molecule has 2 fully saturated rings. The van der Waals surface area contributed by atoms with Crippen molar-refractivity contribution in [3.8, 4) is 0 Å². The molecule has 0 radical (unpaired) electrons. The monoisotopic (exact) mass is 567 g/mol. The highest BCUT2D eigenvalue weighted by Gasteiger charge is 2.50. The van der Waals surface area contributed by atoms with Gasteiger partial charge in [-0.1, -0.05) is 49.0 Å². The van der Waals surface area contributed by atoms with E-state index in [2.05, 4.69) is 10.0 Å². The van der Waals surface area contributed by atoms with Crippen LogP contribution in [-0.2, 0) is 16.1 Å². The number of hydrogen-bond acceptors (Lipinski definition) is 6. The molecular formula is C32H33N5O5. The lowest BCUT2D eigenvalue weighted by Crippen LogP contribution is -2.57. The minimum absolute atomic E-state index is 0.0339. The largest absolute Gasteiger partial charge is 0.307 e. The number of nitrogens with zero attached hydrogens (tertiary/aromatic N) is 5. The summed E-state index contributed by atoms with van der Waals surface area (Å²) in [6, 6.07) is 11.2. The van der Waals surface area contributed by atoms with Crippen molar-refractivity contribution in [2.45, 2.75) is 70.4 Å². The quantitative estimate of drug-likeness (QED) is 0.175. The number of Topliss-reactive ketones (excluding diaryl/α,β-unsaturated/α-hetero) is 2. The van der Waals surface area contributed by atoms with Crippen LogP contribution in [0.2, 0.25) is 0 Å². The highest BCUT2D eigenvalue weighted by molar-refractivity contribution is 6.21. The second-order valence-corrected chi connectivity index (χ2v) is 12.0. The van der Waals surface area contributed by atoms with Crippen LogP contribution in [-0.4, -0.2) is 46.8 Å². The molecule has 2 aromatic rings. The van der Waals surface area contributed by atoms with Gasteiger partial charge in [0.2, 0.25) is 5.91 Å². The predicted molar refractivity (Wildman–Crippen MR) is 154 cm³/mol. The molecular weight excluding hydrogens is 534 g/mol. The summed E-state index contributed by atoms with van der Waals surface area (Å²) in [7, 11) is 0. The van der Waals surface area contributed by atoms with Crippen molar-refractivity contribution < 1.29 is 24.0 Å². The lowest BCUT2D eigenvalue weighted by atomic mass is 9.67. The van der Waals surface area contributed by atoms with E-state index in [0.29, 0.717) is 40.3 Å². The molecule has 0 saturated heterocycles. The van der Waals surface area contributed by atoms with Crippen LogP contribution in [0, 0.1) is 17.8 Å². The van der Waals surface area contributed by atoms with E-state index < -0.39 is 17.9 Å². The molecule has 4 aliphatic rings. The molecule has 3 unspecified atom stereocenters. The molecule has 2 saturated carbocycles. The average molecular weight is 568 g/mol. The van der Waals surface area contributed by atoms with Gasteiger partial charge in [0.15, 0.2) is 5.78 Å². The number of benzene rings is 2. The first-order valence-electron chi connectivity index (χ1n) is 14.8. The molecule has 216 valence electrons. The summed E-state index contributed by atoms with van der Waals surface area (Å²) in [4.78, 5) is 72.8. The van der Waals surface area contributed by atoms with E-state index in [0.717, 1.165) is 19.3 Å². The van der Waals surface area contributed by atoms with Crippen LogP contribution in [0.5, 0.6) is 0 Å². The zero-order valence-electron chi connectivity index (χ0n) is 23.4. The molecule has 6 rings (SSSR count). The van der Waals surface area contributed by atoms with E-state index in [4.69, 9.17) is 5.53 Å². The molecule has 10 heteroatoms. The van der Waals surface area contributed by atoms with Crippen molar-refractivity contribution in [2.75, 3.05) is 11.4 Å². The van der Waals surface area contributed by atoms with Crippen LogP contribution in [0.25, 0.3) is 10.4 Å². The van der Waals surface area contributed by atoms with Gasteiger partial charge in [0.1, 0.15) is 5.78 Å². The number of rotatable bonds is 8. The van der Waals surface area contributed by atoms with Gasteiger partial charge in [-0.05, 0) is 60.0 Å². The minimum Gasteiger partial charge on any atom is -0.307 e. The van der Waals surface area contributed by atoms with E-state index in [1.807, 2.05) is 0 Å². The maximum atomic E-state index is 14.1. The van der Waals surface area contributed by atoms with Gasteiger partial charge in [-0.15, -0.1) is 0 Å². The number of amides is 3. The fourth-order valence-corrected chi connectivity index (χ4v) is 7.46. The first-order chi connectivity index (χ1) is 20.4. The molecule has 2 aliphatic heterocycles. The maximum Gasteiger partial charge on any atom is 0.261 e. The average Bonchev–Trinajstić information content (AvgIpc) is 3.60. The number of anilines is 1. The van der Waals surface area contributed by atoms with Crippen molar-refractivity contribution in [2.24, 2.45) is 22.9 Å². The first-order valence-corrected chi connectivity index (χ1v) is 14.8. The zero-order chi connectivity index (χ0) is 29.4. The number of carbonyl (C=O) groups excluding carboxylic acids is 5. The van der Waals surface area contributed by atoms with Crippen molar-refractivity contribution in [3.05, 3.63) is 75.2 Å². The second kappa shape index (κ2) is 11.5. The van der Waals surface area contributed by atoms with Gasteiger partial charge in [0, 0.05) is 42.2 Å². The van der Waals surface area contributed by atoms with E-state index >= 15 is 0 Å². The Morgan fingerprint density at radius 1 is 0.929 bits per heavy atom. The molecule has 0 spiro atoms. The normalized spacial score (nSPS) is 23.5. The summed E-state index contributed by atoms with van der Waals surface area (Å²) in [5.74, 6) is -1.60. The Labute approximate surface area is 243 Å². The smallest absolute Gasteiger partial charge is 0.261 e. The Kier molecular flexibility index (Phi) is 7.64. The maximum absolute atomic E-state index is 14.1. The third kappa shape index (κ3) is 5.00. The number of fused-ring (bicyclic) bond motifs is 3. The van der Waals surface area contributed by atoms with E-state index in [1.54, 1.807) is 47.4 Å². The van der Waals surface area contributed by atoms with Gasteiger partial charge >= 0.3 is 0 Å². The van der Waals surface area contributed by atoms with Gasteiger partial charge in [-0.3, -0.25) is 28.9 Å². The Morgan fingerprint density at radius 2 is 1.64 bits per heavy atom. The fraction of sp³-hybridized carbons (Fsp3) is 0.469. The number of imide groups is 1. The molecule has 42 heavy (non-hydrogen) atoms. The van der Waals surface area contributed by atoms with Crippen molar-refractivity contribution in [3.63, 3.8) is 0 Å². The third-order valence-electron chi connectivity index (χ3n) is 9.50. The summed E-state index contributed by atoms with van der Waals surface area (Å²) in [5.41, 5.74) is 11.0. The Hall–Kier alpha value is -4.30. The topological polar surface area (TPSA) is 141 Å². The van der Waals surface area contributed by atoms with Crippen molar-refractivity contribution in [1.82, 2.24) is 4.90 Å². The predicted octanol–water partition coefficient (Wildman–Crippen LogP) is 5.65. The molecule has 0 N–H and O–H groups in total. The minimum atomic E-state index is -0.643. The van der Waals surface area contributed by atoms with Gasteiger partial charge in [0.25, 0.3) is 11.8 Å². The van der Waals surface area contributed by atoms with Crippen LogP contribution in [0.15, 0.2) is 47.6 Å². The molecule has 3 atom stereocenters. The SMILES string of the molecule is [N-]=[N+]=NCc1ccc2c(c1)C(=O)C1C(CCN3C(=O)c4ccccc4C3=O)CC(=O)CC1N2C(=O)CCC1CCCC1. The molecule has 0 aromatic heterocycles. The van der Waals surface area contributed by atoms with Gasteiger partial charge in [-0.2, -0.15) is 0 Å². The summed E-state index contributed by atoms with van der Waals surface area (Å²) in [6.45, 7) is 0.155. The second-order valence-electron chi connectivity index (χ2n) is 12.0. The van der Waals surface area contributed by atoms with Crippen LogP contribution >= 0.6 is 0 Å². The van der Waals surface area contributed by atoms with Crippen molar-refractivity contribution in [1.29, 1.82) is 0 Å². The van der Waals surface area contributed by atoms with Gasteiger partial charge in [-0.25, -0.2) is 0 Å². The molecule has 2 aromatic carbocycles. The highest BCUT2D eigenvalue weighted by Crippen LogP contribution is 2.45. The molecule has 10 nitrogen and oxygen atoms in total. The molecule has 0 bridgehead atoms. The van der Waals surface area contributed by atoms with Crippen LogP contribution in [0.3, 0.4) is 0 Å². The number of hydrogen-bond donors (Lipinski definition) is 0. The van der Waals surface area contributed by atoms with E-state index in [-0.39, 0.29) is 61.6 Å². The van der Waals surface area contributed by atoms with Crippen LogP contribution in [0.4, 0.5) is 5.69 Å². The summed E-state index contributed by atoms with van der Waals surface area (Å²) < 4.78 is 0. The summed E-state index contributed by atoms with van der Waals surface area (Å²) >= 11 is 0. The first kappa shape index (κ1) is 27.8. The summed E-state index contributed by atoms with van der Waals surface area (Å²) in [5, 5.41) is 3.63. The van der Waals surface area contributed by atoms with Crippen LogP contribution < -0.4 is 4.90 Å². The summed E-state index contributed by atoms with van der Waals surface area (Å²) in [6.07, 6.45) is 6.25.